The van der Waals surface area contributed by atoms with Gasteiger partial charge in [0.25, 0.3) is 5.91 Å². The number of nitriles is 1. The standard InChI is InChI=1S/C18H17ClN2O3/c1-12(2)24-17-6-5-13(9-16(17)19)8-14(10-20)18(22)21-11-15-4-3-7-23-15/h3-9,12H,11H2,1-2H3,(H,21,22)/b14-8+. The number of nitrogens with zero attached hydrogens (tertiary/aromatic N) is 1. The van der Waals surface area contributed by atoms with E-state index in [1.54, 1.807) is 30.3 Å². The lowest BCUT2D eigenvalue weighted by Gasteiger charge is -2.11. The summed E-state index contributed by atoms with van der Waals surface area (Å²) in [6.45, 7) is 4.02. The quantitative estimate of drug-likeness (QED) is 0.636. The topological polar surface area (TPSA) is 75.3 Å². The number of halogens is 1. The molecular formula is C18H17ClN2O3. The van der Waals surface area contributed by atoms with E-state index in [1.165, 1.54) is 12.3 Å². The first-order valence-corrected chi connectivity index (χ1v) is 7.76. The second-order valence-electron chi connectivity index (χ2n) is 5.29. The van der Waals surface area contributed by atoms with E-state index in [9.17, 15) is 10.1 Å². The first kappa shape index (κ1) is 17.6. The van der Waals surface area contributed by atoms with Crippen LogP contribution in [0.4, 0.5) is 0 Å². The molecule has 0 atom stereocenters. The summed E-state index contributed by atoms with van der Waals surface area (Å²) in [4.78, 5) is 12.1. The number of furan rings is 1. The van der Waals surface area contributed by atoms with E-state index in [2.05, 4.69) is 5.32 Å². The second kappa shape index (κ2) is 8.23. The van der Waals surface area contributed by atoms with Crippen molar-refractivity contribution in [1.82, 2.24) is 5.32 Å². The van der Waals surface area contributed by atoms with E-state index < -0.39 is 5.91 Å². The van der Waals surface area contributed by atoms with Crippen LogP contribution in [0.3, 0.4) is 0 Å². The Balaban J connectivity index is 2.10. The summed E-state index contributed by atoms with van der Waals surface area (Å²) >= 11 is 6.16. The molecule has 1 amide bonds. The number of ether oxygens (including phenoxy) is 1. The third-order valence-corrected chi connectivity index (χ3v) is 3.29. The van der Waals surface area contributed by atoms with Crippen molar-refractivity contribution >= 4 is 23.6 Å². The maximum absolute atomic E-state index is 12.1. The first-order valence-electron chi connectivity index (χ1n) is 7.38. The monoisotopic (exact) mass is 344 g/mol. The molecule has 24 heavy (non-hydrogen) atoms. The molecule has 0 aliphatic heterocycles. The molecule has 0 fully saturated rings. The number of rotatable bonds is 6. The lowest BCUT2D eigenvalue weighted by atomic mass is 10.1. The molecule has 0 radical (unpaired) electrons. The van der Waals surface area contributed by atoms with Gasteiger partial charge in [-0.3, -0.25) is 4.79 Å². The molecule has 6 heteroatoms. The maximum Gasteiger partial charge on any atom is 0.262 e. The smallest absolute Gasteiger partial charge is 0.262 e. The van der Waals surface area contributed by atoms with Crippen LogP contribution < -0.4 is 10.1 Å². The fourth-order valence-corrected chi connectivity index (χ4v) is 2.18. The van der Waals surface area contributed by atoms with Crippen molar-refractivity contribution in [1.29, 1.82) is 5.26 Å². The van der Waals surface area contributed by atoms with Crippen LogP contribution in [0.5, 0.6) is 5.75 Å². The zero-order valence-electron chi connectivity index (χ0n) is 13.4. The fraction of sp³-hybridized carbons (Fsp3) is 0.222. The minimum absolute atomic E-state index is 0.00550. The summed E-state index contributed by atoms with van der Waals surface area (Å²) in [6, 6.07) is 10.5. The van der Waals surface area contributed by atoms with Gasteiger partial charge < -0.3 is 14.5 Å². The SMILES string of the molecule is CC(C)Oc1ccc(/C=C(\C#N)C(=O)NCc2ccco2)cc1Cl. The molecule has 1 heterocycles. The summed E-state index contributed by atoms with van der Waals surface area (Å²) in [5.41, 5.74) is 0.621. The summed E-state index contributed by atoms with van der Waals surface area (Å²) in [6.07, 6.45) is 3.00. The minimum atomic E-state index is -0.479. The van der Waals surface area contributed by atoms with Crippen LogP contribution in [0.2, 0.25) is 5.02 Å². The third kappa shape index (κ3) is 4.90. The summed E-state index contributed by atoms with van der Waals surface area (Å²) in [5, 5.41) is 12.2. The maximum atomic E-state index is 12.1. The van der Waals surface area contributed by atoms with Crippen LogP contribution in [0.1, 0.15) is 25.2 Å². The van der Waals surface area contributed by atoms with E-state index in [-0.39, 0.29) is 18.2 Å². The van der Waals surface area contributed by atoms with E-state index in [4.69, 9.17) is 20.8 Å². The Kier molecular flexibility index (Phi) is 6.05. The number of carbonyl (C=O) groups is 1. The highest BCUT2D eigenvalue weighted by Crippen LogP contribution is 2.27. The Labute approximate surface area is 145 Å². The molecule has 1 N–H and O–H groups in total. The summed E-state index contributed by atoms with van der Waals surface area (Å²) < 4.78 is 10.7. The molecule has 2 aromatic rings. The van der Waals surface area contributed by atoms with E-state index in [1.807, 2.05) is 19.9 Å². The lowest BCUT2D eigenvalue weighted by molar-refractivity contribution is -0.117. The van der Waals surface area contributed by atoms with Crippen LogP contribution in [-0.4, -0.2) is 12.0 Å². The van der Waals surface area contributed by atoms with Crippen molar-refractivity contribution in [2.24, 2.45) is 0 Å². The van der Waals surface area contributed by atoms with E-state index in [0.717, 1.165) is 0 Å². The van der Waals surface area contributed by atoms with Gasteiger partial charge in [-0.2, -0.15) is 5.26 Å². The highest BCUT2D eigenvalue weighted by molar-refractivity contribution is 6.32. The second-order valence-corrected chi connectivity index (χ2v) is 5.70. The van der Waals surface area contributed by atoms with Crippen molar-refractivity contribution in [2.75, 3.05) is 0 Å². The predicted molar refractivity (Wildman–Crippen MR) is 91.4 cm³/mol. The molecule has 0 aliphatic rings. The number of hydrogen-bond acceptors (Lipinski definition) is 4. The number of hydrogen-bond donors (Lipinski definition) is 1. The Bertz CT molecular complexity index is 774. The van der Waals surface area contributed by atoms with Gasteiger partial charge in [-0.15, -0.1) is 0 Å². The van der Waals surface area contributed by atoms with Crippen LogP contribution in [0.15, 0.2) is 46.6 Å². The van der Waals surface area contributed by atoms with Crippen molar-refractivity contribution in [3.8, 4) is 11.8 Å². The number of benzene rings is 1. The largest absolute Gasteiger partial charge is 0.489 e. The molecule has 5 nitrogen and oxygen atoms in total. The Morgan fingerprint density at radius 1 is 1.46 bits per heavy atom. The fourth-order valence-electron chi connectivity index (χ4n) is 1.95. The molecule has 2 rings (SSSR count). The molecule has 124 valence electrons. The molecule has 0 spiro atoms. The minimum Gasteiger partial charge on any atom is -0.489 e. The van der Waals surface area contributed by atoms with Gasteiger partial charge in [0.2, 0.25) is 0 Å². The number of carbonyl (C=O) groups excluding carboxylic acids is 1. The molecular weight excluding hydrogens is 328 g/mol. The normalized spacial score (nSPS) is 11.2. The van der Waals surface area contributed by atoms with Crippen molar-refractivity contribution < 1.29 is 13.9 Å². The van der Waals surface area contributed by atoms with Gasteiger partial charge >= 0.3 is 0 Å². The number of amides is 1. The summed E-state index contributed by atoms with van der Waals surface area (Å²) in [5.74, 6) is 0.691. The molecule has 1 aromatic heterocycles. The van der Waals surface area contributed by atoms with Gasteiger partial charge in [0, 0.05) is 0 Å². The van der Waals surface area contributed by atoms with Gasteiger partial charge in [0.05, 0.1) is 23.9 Å². The average molecular weight is 345 g/mol. The molecule has 0 saturated heterocycles. The molecule has 0 saturated carbocycles. The third-order valence-electron chi connectivity index (χ3n) is 3.00. The van der Waals surface area contributed by atoms with Gasteiger partial charge in [0.15, 0.2) is 0 Å². The van der Waals surface area contributed by atoms with Crippen molar-refractivity contribution in [3.05, 3.63) is 58.5 Å². The number of nitrogens with one attached hydrogen (secondary N) is 1. The predicted octanol–water partition coefficient (Wildman–Crippen LogP) is 3.94. The summed E-state index contributed by atoms with van der Waals surface area (Å²) in [7, 11) is 0. The van der Waals surface area contributed by atoms with Gasteiger partial charge in [-0.05, 0) is 49.8 Å². The zero-order chi connectivity index (χ0) is 17.5. The molecule has 0 aliphatic carbocycles. The average Bonchev–Trinajstić information content (AvgIpc) is 3.06. The first-order chi connectivity index (χ1) is 11.5. The Morgan fingerprint density at radius 2 is 2.25 bits per heavy atom. The van der Waals surface area contributed by atoms with Crippen molar-refractivity contribution in [2.45, 2.75) is 26.5 Å². The van der Waals surface area contributed by atoms with Gasteiger partial charge in [0.1, 0.15) is 23.2 Å². The highest BCUT2D eigenvalue weighted by atomic mass is 35.5. The molecule has 0 bridgehead atoms. The van der Waals surface area contributed by atoms with Gasteiger partial charge in [-0.1, -0.05) is 17.7 Å². The highest BCUT2D eigenvalue weighted by Gasteiger charge is 2.11. The Hall–Kier alpha value is -2.71. The van der Waals surface area contributed by atoms with Crippen LogP contribution in [0.25, 0.3) is 6.08 Å². The van der Waals surface area contributed by atoms with E-state index in [0.29, 0.717) is 22.1 Å². The van der Waals surface area contributed by atoms with Gasteiger partial charge in [-0.25, -0.2) is 0 Å². The lowest BCUT2D eigenvalue weighted by Crippen LogP contribution is -2.23. The van der Waals surface area contributed by atoms with Crippen LogP contribution in [-0.2, 0) is 11.3 Å². The van der Waals surface area contributed by atoms with Crippen molar-refractivity contribution in [3.63, 3.8) is 0 Å². The zero-order valence-corrected chi connectivity index (χ0v) is 14.1. The van der Waals surface area contributed by atoms with Crippen LogP contribution >= 0.6 is 11.6 Å². The molecule has 0 unspecified atom stereocenters. The van der Waals surface area contributed by atoms with Crippen LogP contribution in [0, 0.1) is 11.3 Å². The Morgan fingerprint density at radius 3 is 2.83 bits per heavy atom. The van der Waals surface area contributed by atoms with E-state index >= 15 is 0 Å². The molecule has 1 aromatic carbocycles.